The van der Waals surface area contributed by atoms with E-state index in [0.717, 1.165) is 77.0 Å². The van der Waals surface area contributed by atoms with Crippen LogP contribution in [0.4, 0.5) is 0 Å². The van der Waals surface area contributed by atoms with E-state index in [1.807, 2.05) is 0 Å². The van der Waals surface area contributed by atoms with Crippen LogP contribution in [0.25, 0.3) is 0 Å². The first-order chi connectivity index (χ1) is 18.5. The van der Waals surface area contributed by atoms with Crippen molar-refractivity contribution >= 4 is 11.8 Å². The molecule has 0 radical (unpaired) electrons. The number of rotatable bonds is 17. The molecule has 4 atom stereocenters. The number of carbonyl (C=O) groups excluding carboxylic acids is 1. The number of carbonyl (C=O) groups is 2. The van der Waals surface area contributed by atoms with Crippen molar-refractivity contribution in [3.05, 3.63) is 12.2 Å². The van der Waals surface area contributed by atoms with Gasteiger partial charge in [-0.05, 0) is 83.0 Å². The van der Waals surface area contributed by atoms with Crippen LogP contribution in [0.5, 0.6) is 0 Å². The second-order valence-electron chi connectivity index (χ2n) is 10.9. The fourth-order valence-corrected chi connectivity index (χ4v) is 5.74. The Hall–Kier alpha value is -1.79. The highest BCUT2D eigenvalue weighted by Gasteiger charge is 2.46. The molecule has 38 heavy (non-hydrogen) atoms. The van der Waals surface area contributed by atoms with Gasteiger partial charge >= 0.3 is 5.97 Å². The molecule has 2 aliphatic heterocycles. The number of nitriles is 1. The molecule has 8 nitrogen and oxygen atoms in total. The average Bonchev–Trinajstić information content (AvgIpc) is 3.27. The topological polar surface area (TPSA) is 115 Å². The Kier molecular flexibility index (Phi) is 13.8. The molecule has 8 heteroatoms. The molecule has 3 aliphatic rings. The molecule has 214 valence electrons. The number of hydrogen-bond donors (Lipinski definition) is 1. The van der Waals surface area contributed by atoms with Gasteiger partial charge in [0.15, 0.2) is 12.6 Å². The summed E-state index contributed by atoms with van der Waals surface area (Å²) in [4.78, 5) is 25.0. The van der Waals surface area contributed by atoms with Crippen molar-refractivity contribution in [1.82, 2.24) is 0 Å². The van der Waals surface area contributed by atoms with Gasteiger partial charge in [0.1, 0.15) is 5.78 Å². The summed E-state index contributed by atoms with van der Waals surface area (Å²) in [7, 11) is 0. The number of ether oxygens (including phenoxy) is 4. The van der Waals surface area contributed by atoms with Crippen LogP contribution in [0.3, 0.4) is 0 Å². The number of hydrogen-bond acceptors (Lipinski definition) is 7. The summed E-state index contributed by atoms with van der Waals surface area (Å²) in [5.74, 6) is -2.20. The second-order valence-corrected chi connectivity index (χ2v) is 10.9. The maximum Gasteiger partial charge on any atom is 0.364 e. The van der Waals surface area contributed by atoms with Gasteiger partial charge in [-0.15, -0.1) is 0 Å². The highest BCUT2D eigenvalue weighted by atomic mass is 16.8. The van der Waals surface area contributed by atoms with Crippen molar-refractivity contribution in [2.75, 3.05) is 13.2 Å². The third kappa shape index (κ3) is 10.1. The summed E-state index contributed by atoms with van der Waals surface area (Å²) in [5.41, 5.74) is 0. The Bertz CT molecular complexity index is 760. The zero-order valence-corrected chi connectivity index (χ0v) is 23.0. The van der Waals surface area contributed by atoms with Gasteiger partial charge in [0, 0.05) is 38.4 Å². The first kappa shape index (κ1) is 30.7. The summed E-state index contributed by atoms with van der Waals surface area (Å²) in [6.07, 6.45) is 18.0. The van der Waals surface area contributed by atoms with Crippen LogP contribution < -0.4 is 0 Å². The molecular weight excluding hydrogens is 486 g/mol. The fraction of sp³-hybridized carbons (Fsp3) is 0.833. The summed E-state index contributed by atoms with van der Waals surface area (Å²) < 4.78 is 23.5. The lowest BCUT2D eigenvalue weighted by molar-refractivity contribution is -0.352. The van der Waals surface area contributed by atoms with Gasteiger partial charge in [0.05, 0.1) is 6.07 Å². The molecule has 1 N–H and O–H groups in total. The van der Waals surface area contributed by atoms with Crippen molar-refractivity contribution in [2.45, 2.75) is 134 Å². The first-order valence-corrected chi connectivity index (χ1v) is 14.9. The van der Waals surface area contributed by atoms with E-state index in [2.05, 4.69) is 18.2 Å². The summed E-state index contributed by atoms with van der Waals surface area (Å²) in [5, 5.41) is 18.8. The van der Waals surface area contributed by atoms with E-state index in [9.17, 15) is 14.7 Å². The number of unbranched alkanes of at least 4 members (excludes halogenated alkanes) is 6. The predicted molar refractivity (Wildman–Crippen MR) is 142 cm³/mol. The lowest BCUT2D eigenvalue weighted by atomic mass is 9.89. The number of aliphatic carboxylic acids is 1. The number of ketones is 1. The third-order valence-electron chi connectivity index (χ3n) is 7.96. The van der Waals surface area contributed by atoms with E-state index >= 15 is 0 Å². The molecule has 3 rings (SSSR count). The van der Waals surface area contributed by atoms with E-state index < -0.39 is 24.3 Å². The van der Waals surface area contributed by atoms with Gasteiger partial charge < -0.3 is 24.1 Å². The van der Waals surface area contributed by atoms with Crippen LogP contribution in [-0.2, 0) is 28.5 Å². The van der Waals surface area contributed by atoms with E-state index in [1.54, 1.807) is 0 Å². The van der Waals surface area contributed by atoms with Gasteiger partial charge in [-0.1, -0.05) is 31.4 Å². The average molecular weight is 534 g/mol. The van der Waals surface area contributed by atoms with Crippen molar-refractivity contribution < 1.29 is 33.6 Å². The van der Waals surface area contributed by atoms with Crippen LogP contribution in [0, 0.1) is 23.2 Å². The fourth-order valence-electron chi connectivity index (χ4n) is 5.74. The SMILES string of the molecule is N#CCCCCC/C=C/[C@H]1CCC(=O)[C@@H]1CCCCCC(OC1CCCCO1)(OC1CCCCO1)C(=O)O. The Morgan fingerprint density at radius 2 is 1.66 bits per heavy atom. The van der Waals surface area contributed by atoms with E-state index in [4.69, 9.17) is 24.2 Å². The Morgan fingerprint density at radius 3 is 2.26 bits per heavy atom. The minimum Gasteiger partial charge on any atom is -0.477 e. The highest BCUT2D eigenvalue weighted by molar-refractivity contribution is 5.83. The zero-order chi connectivity index (χ0) is 27.1. The molecule has 0 amide bonds. The molecule has 2 saturated heterocycles. The van der Waals surface area contributed by atoms with E-state index in [0.29, 0.717) is 57.0 Å². The molecule has 0 aromatic carbocycles. The second kappa shape index (κ2) is 17.0. The van der Waals surface area contributed by atoms with Crippen molar-refractivity contribution in [3.63, 3.8) is 0 Å². The largest absolute Gasteiger partial charge is 0.477 e. The van der Waals surface area contributed by atoms with Crippen molar-refractivity contribution in [2.24, 2.45) is 11.8 Å². The molecule has 3 fully saturated rings. The van der Waals surface area contributed by atoms with Crippen molar-refractivity contribution in [1.29, 1.82) is 5.26 Å². The van der Waals surface area contributed by atoms with E-state index in [-0.39, 0.29) is 12.3 Å². The number of allylic oxidation sites excluding steroid dienone is 2. The van der Waals surface area contributed by atoms with Gasteiger partial charge in [0.2, 0.25) is 0 Å². The maximum absolute atomic E-state index is 12.5. The van der Waals surface area contributed by atoms with E-state index in [1.165, 1.54) is 0 Å². The maximum atomic E-state index is 12.5. The van der Waals surface area contributed by atoms with Crippen LogP contribution in [0.2, 0.25) is 0 Å². The smallest absolute Gasteiger partial charge is 0.364 e. The standard InChI is InChI=1S/C30H47NO7/c31-21-11-4-2-1-3-6-14-24-18-19-26(32)25(24)15-7-5-10-20-30(29(33)34,37-27-16-8-12-22-35-27)38-28-17-9-13-23-36-28/h6,14,24-25,27-28H,1-5,7-13,15-20,22-23H2,(H,33,34)/b14-6+/t24-,25+,27?,28?,30?/m0/s1. The van der Waals surface area contributed by atoms with Crippen LogP contribution in [0.1, 0.15) is 116 Å². The third-order valence-corrected chi connectivity index (χ3v) is 7.96. The first-order valence-electron chi connectivity index (χ1n) is 14.9. The minimum absolute atomic E-state index is 0.0628. The minimum atomic E-state index is -1.79. The Balaban J connectivity index is 1.47. The molecule has 0 bridgehead atoms. The highest BCUT2D eigenvalue weighted by Crippen LogP contribution is 2.35. The lowest BCUT2D eigenvalue weighted by Gasteiger charge is -2.38. The summed E-state index contributed by atoms with van der Waals surface area (Å²) in [6, 6.07) is 2.18. The number of Topliss-reactive ketones (excluding diaryl/α,β-unsaturated/α-hetero) is 1. The molecular formula is C30H47NO7. The molecule has 2 heterocycles. The predicted octanol–water partition coefficient (Wildman–Crippen LogP) is 6.43. The zero-order valence-electron chi connectivity index (χ0n) is 23.0. The van der Waals surface area contributed by atoms with Gasteiger partial charge in [0.25, 0.3) is 5.79 Å². The normalized spacial score (nSPS) is 27.8. The Morgan fingerprint density at radius 1 is 0.974 bits per heavy atom. The number of carboxylic acid groups (broad SMARTS) is 1. The molecule has 1 aliphatic carbocycles. The number of nitrogens with zero attached hydrogens (tertiary/aromatic N) is 1. The van der Waals surface area contributed by atoms with Crippen LogP contribution >= 0.6 is 0 Å². The molecule has 1 saturated carbocycles. The van der Waals surface area contributed by atoms with Crippen molar-refractivity contribution in [3.8, 4) is 6.07 Å². The molecule has 0 spiro atoms. The molecule has 0 aromatic rings. The lowest BCUT2D eigenvalue weighted by Crippen LogP contribution is -2.51. The van der Waals surface area contributed by atoms with Crippen LogP contribution in [-0.4, -0.2) is 48.4 Å². The quantitative estimate of drug-likeness (QED) is 0.129. The summed E-state index contributed by atoms with van der Waals surface area (Å²) in [6.45, 7) is 1.12. The summed E-state index contributed by atoms with van der Waals surface area (Å²) >= 11 is 0. The molecule has 0 aromatic heterocycles. The Labute approximate surface area is 228 Å². The monoisotopic (exact) mass is 533 g/mol. The van der Waals surface area contributed by atoms with Crippen LogP contribution in [0.15, 0.2) is 12.2 Å². The van der Waals surface area contributed by atoms with Gasteiger partial charge in [-0.25, -0.2) is 4.79 Å². The number of carboxylic acids is 1. The van der Waals surface area contributed by atoms with Gasteiger partial charge in [-0.3, -0.25) is 4.79 Å². The van der Waals surface area contributed by atoms with Gasteiger partial charge in [-0.2, -0.15) is 5.26 Å². The molecule has 2 unspecified atom stereocenters.